The quantitative estimate of drug-likeness (QED) is 0.131. The van der Waals surface area contributed by atoms with Gasteiger partial charge >= 0.3 is 0 Å². The van der Waals surface area contributed by atoms with Gasteiger partial charge in [-0.2, -0.15) is 0 Å². The molecule has 4 aliphatic rings. The van der Waals surface area contributed by atoms with E-state index in [1.807, 2.05) is 12.1 Å². The maximum atomic E-state index is 14.6. The van der Waals surface area contributed by atoms with Gasteiger partial charge in [-0.25, -0.2) is 9.29 Å². The number of hydrogen-bond donors (Lipinski definition) is 1. The molecule has 1 saturated carbocycles. The Morgan fingerprint density at radius 1 is 0.846 bits per heavy atom. The third-order valence-electron chi connectivity index (χ3n) is 11.4. The molecule has 4 amide bonds. The van der Waals surface area contributed by atoms with Crippen molar-refractivity contribution < 1.29 is 38.2 Å². The Kier molecular flexibility index (Phi) is 7.91. The second-order valence-corrected chi connectivity index (χ2v) is 14.3. The number of carbonyl (C=O) groups is 5. The highest BCUT2D eigenvalue weighted by atomic mass is 35.5. The zero-order valence-corrected chi connectivity index (χ0v) is 28.8. The number of nitrogens with zero attached hydrogens (tertiary/aromatic N) is 2. The van der Waals surface area contributed by atoms with E-state index >= 15 is 0 Å². The van der Waals surface area contributed by atoms with E-state index < -0.39 is 58.5 Å². The smallest absolute Gasteiger partial charge is 0.241 e. The van der Waals surface area contributed by atoms with Crippen molar-refractivity contribution in [3.63, 3.8) is 0 Å². The van der Waals surface area contributed by atoms with E-state index in [0.29, 0.717) is 22.4 Å². The number of hydrogen-bond acceptors (Lipinski definition) is 7. The summed E-state index contributed by atoms with van der Waals surface area (Å²) in [4.78, 5) is 72.8. The molecule has 3 fully saturated rings. The standard InChI is InChI=1S/C41H32ClFN2O7/c1-41-30(38(49)45(40(41)51)24-12-17-32(43)31(42)18-24)20-29-26(35(41)27-14-13-25(46)19-33(27)52-2)15-16-28-34(29)39(50)44(37(28)48)23-10-8-22(9-11-23)36(47)21-6-4-3-5-7-21/h3-15,17-19,28-30,34-35,46H,16,20H2,1-2H3. The number of imide groups is 2. The Morgan fingerprint density at radius 3 is 2.23 bits per heavy atom. The molecule has 0 aromatic heterocycles. The van der Waals surface area contributed by atoms with E-state index in [4.69, 9.17) is 16.3 Å². The van der Waals surface area contributed by atoms with Crippen LogP contribution in [0.25, 0.3) is 0 Å². The van der Waals surface area contributed by atoms with Crippen molar-refractivity contribution in [2.45, 2.75) is 25.7 Å². The number of carbonyl (C=O) groups excluding carboxylic acids is 5. The van der Waals surface area contributed by atoms with Gasteiger partial charge in [-0.1, -0.05) is 59.6 Å². The fourth-order valence-electron chi connectivity index (χ4n) is 8.94. The van der Waals surface area contributed by atoms with Crippen molar-refractivity contribution in [2.24, 2.45) is 29.1 Å². The molecule has 52 heavy (non-hydrogen) atoms. The molecular weight excluding hydrogens is 687 g/mol. The highest BCUT2D eigenvalue weighted by molar-refractivity contribution is 6.32. The van der Waals surface area contributed by atoms with E-state index in [9.17, 15) is 33.5 Å². The summed E-state index contributed by atoms with van der Waals surface area (Å²) >= 11 is 6.10. The van der Waals surface area contributed by atoms with Crippen LogP contribution >= 0.6 is 11.6 Å². The van der Waals surface area contributed by atoms with Gasteiger partial charge in [-0.15, -0.1) is 0 Å². The summed E-state index contributed by atoms with van der Waals surface area (Å²) in [6.07, 6.45) is 2.24. The number of phenolic OH excluding ortho intramolecular Hbond substituents is 1. The van der Waals surface area contributed by atoms with Crippen LogP contribution in [0.3, 0.4) is 0 Å². The molecule has 262 valence electrons. The molecule has 2 aliphatic heterocycles. The molecule has 1 N–H and O–H groups in total. The SMILES string of the molecule is COc1cc(O)ccc1C1C2=CCC3C(=O)N(c4ccc(C(=O)c5ccccc5)cc4)C(=O)C3C2CC2C(=O)N(c3ccc(F)c(Cl)c3)C(=O)C21C. The summed E-state index contributed by atoms with van der Waals surface area (Å²) < 4.78 is 19.9. The van der Waals surface area contributed by atoms with Crippen LogP contribution in [-0.4, -0.2) is 41.6 Å². The molecular formula is C41H32ClFN2O7. The molecule has 0 bridgehead atoms. The number of amides is 4. The molecule has 0 spiro atoms. The van der Waals surface area contributed by atoms with Gasteiger partial charge in [0.05, 0.1) is 46.7 Å². The monoisotopic (exact) mass is 718 g/mol. The van der Waals surface area contributed by atoms with Gasteiger partial charge in [0, 0.05) is 28.7 Å². The largest absolute Gasteiger partial charge is 0.508 e. The van der Waals surface area contributed by atoms with Crippen LogP contribution in [0.15, 0.2) is 103 Å². The Bertz CT molecular complexity index is 2240. The van der Waals surface area contributed by atoms with Crippen molar-refractivity contribution in [3.05, 3.63) is 130 Å². The number of fused-ring (bicyclic) bond motifs is 4. The summed E-state index contributed by atoms with van der Waals surface area (Å²) in [6.45, 7) is 1.72. The molecule has 6 atom stereocenters. The maximum absolute atomic E-state index is 14.6. The number of benzene rings is 4. The molecule has 2 heterocycles. The van der Waals surface area contributed by atoms with Gasteiger partial charge in [0.1, 0.15) is 17.3 Å². The lowest BCUT2D eigenvalue weighted by Gasteiger charge is -2.49. The van der Waals surface area contributed by atoms with Gasteiger partial charge in [-0.3, -0.25) is 28.9 Å². The minimum atomic E-state index is -1.39. The van der Waals surface area contributed by atoms with Crippen LogP contribution in [-0.2, 0) is 19.2 Å². The van der Waals surface area contributed by atoms with Crippen molar-refractivity contribution in [1.29, 1.82) is 0 Å². The Hall–Kier alpha value is -5.61. The predicted octanol–water partition coefficient (Wildman–Crippen LogP) is 6.86. The average Bonchev–Trinajstić information content (AvgIpc) is 3.52. The molecule has 2 saturated heterocycles. The summed E-state index contributed by atoms with van der Waals surface area (Å²) in [5, 5.41) is 10.1. The van der Waals surface area contributed by atoms with E-state index in [1.54, 1.807) is 61.5 Å². The second-order valence-electron chi connectivity index (χ2n) is 13.9. The van der Waals surface area contributed by atoms with Gasteiger partial charge < -0.3 is 9.84 Å². The number of methoxy groups -OCH3 is 1. The van der Waals surface area contributed by atoms with Crippen LogP contribution < -0.4 is 14.5 Å². The average molecular weight is 719 g/mol. The number of anilines is 2. The first-order valence-corrected chi connectivity index (χ1v) is 17.3. The molecule has 11 heteroatoms. The second kappa shape index (κ2) is 12.3. The zero-order valence-electron chi connectivity index (χ0n) is 28.1. The Morgan fingerprint density at radius 2 is 1.54 bits per heavy atom. The Balaban J connectivity index is 1.20. The van der Waals surface area contributed by atoms with Crippen LogP contribution in [0.2, 0.25) is 5.02 Å². The normalized spacial score (nSPS) is 26.5. The van der Waals surface area contributed by atoms with E-state index in [0.717, 1.165) is 16.5 Å². The summed E-state index contributed by atoms with van der Waals surface area (Å²) in [5.41, 5.74) is 1.26. The molecule has 4 aromatic carbocycles. The van der Waals surface area contributed by atoms with Crippen LogP contribution in [0.5, 0.6) is 11.5 Å². The predicted molar refractivity (Wildman–Crippen MR) is 189 cm³/mol. The summed E-state index contributed by atoms with van der Waals surface area (Å²) in [5.74, 6) is -6.38. The number of aromatic hydroxyl groups is 1. The fraction of sp³-hybridized carbons (Fsp3) is 0.244. The number of ketones is 1. The molecule has 0 radical (unpaired) electrons. The molecule has 4 aromatic rings. The van der Waals surface area contributed by atoms with Gasteiger partial charge in [-0.05, 0) is 74.2 Å². The fourth-order valence-corrected chi connectivity index (χ4v) is 9.12. The topological polar surface area (TPSA) is 121 Å². The van der Waals surface area contributed by atoms with Crippen molar-refractivity contribution in [3.8, 4) is 11.5 Å². The number of halogens is 2. The van der Waals surface area contributed by atoms with Gasteiger partial charge in [0.15, 0.2) is 5.78 Å². The first-order valence-electron chi connectivity index (χ1n) is 16.9. The first-order chi connectivity index (χ1) is 24.9. The van der Waals surface area contributed by atoms with E-state index in [2.05, 4.69) is 0 Å². The molecule has 9 nitrogen and oxygen atoms in total. The molecule has 6 unspecified atom stereocenters. The third kappa shape index (κ3) is 4.84. The zero-order chi connectivity index (χ0) is 36.6. The van der Waals surface area contributed by atoms with Crippen LogP contribution in [0.4, 0.5) is 15.8 Å². The number of rotatable bonds is 6. The van der Waals surface area contributed by atoms with Crippen LogP contribution in [0.1, 0.15) is 47.2 Å². The van der Waals surface area contributed by atoms with E-state index in [-0.39, 0.29) is 46.7 Å². The lowest BCUT2D eigenvalue weighted by atomic mass is 9.51. The minimum Gasteiger partial charge on any atom is -0.508 e. The summed E-state index contributed by atoms with van der Waals surface area (Å²) in [7, 11) is 1.44. The van der Waals surface area contributed by atoms with E-state index in [1.165, 1.54) is 36.3 Å². The third-order valence-corrected chi connectivity index (χ3v) is 11.7. The van der Waals surface area contributed by atoms with Crippen molar-refractivity contribution in [2.75, 3.05) is 16.9 Å². The van der Waals surface area contributed by atoms with Crippen LogP contribution in [0, 0.1) is 34.9 Å². The van der Waals surface area contributed by atoms with Gasteiger partial charge in [0.25, 0.3) is 0 Å². The van der Waals surface area contributed by atoms with Crippen molar-refractivity contribution >= 4 is 52.4 Å². The summed E-state index contributed by atoms with van der Waals surface area (Å²) in [6, 6.07) is 23.4. The van der Waals surface area contributed by atoms with Crippen molar-refractivity contribution in [1.82, 2.24) is 0 Å². The number of allylic oxidation sites excluding steroid dienone is 2. The van der Waals surface area contributed by atoms with Gasteiger partial charge in [0.2, 0.25) is 23.6 Å². The lowest BCUT2D eigenvalue weighted by Crippen LogP contribution is -2.49. The Labute approximate surface area is 303 Å². The number of ether oxygens (including phenoxy) is 1. The highest BCUT2D eigenvalue weighted by Crippen LogP contribution is 2.64. The highest BCUT2D eigenvalue weighted by Gasteiger charge is 2.68. The minimum absolute atomic E-state index is 0.0625. The molecule has 8 rings (SSSR count). The maximum Gasteiger partial charge on any atom is 0.241 e. The lowest BCUT2D eigenvalue weighted by molar-refractivity contribution is -0.131. The number of phenols is 1. The molecule has 2 aliphatic carbocycles. The first kappa shape index (κ1) is 33.5.